The molecule has 4 aromatic rings. The highest BCUT2D eigenvalue weighted by Crippen LogP contribution is 2.32. The number of benzene rings is 2. The standard InChI is InChI=1S/C33H34N4O5S/c1-20(2)42-32(40)29-21(3)34-33-37(30(29)22-11-13-24(41-4)14-12-22)31(39)27(43-33)17-23-18-36(26-10-6-5-9-25(23)26)19-28(38)35-15-7-8-16-35/h5-6,9-14,17-18,20,30H,7-8,15-16,19H2,1-4H3/b27-17+/t30-/m1/s1. The molecule has 2 aliphatic heterocycles. The molecule has 0 spiro atoms. The Kier molecular flexibility index (Phi) is 7.79. The van der Waals surface area contributed by atoms with Gasteiger partial charge in [-0.3, -0.25) is 14.2 Å². The van der Waals surface area contributed by atoms with E-state index in [0.717, 1.165) is 48.0 Å². The topological polar surface area (TPSA) is 95.1 Å². The zero-order valence-corrected chi connectivity index (χ0v) is 25.5. The zero-order valence-electron chi connectivity index (χ0n) is 24.7. The molecule has 43 heavy (non-hydrogen) atoms. The summed E-state index contributed by atoms with van der Waals surface area (Å²) in [6, 6.07) is 14.5. The van der Waals surface area contributed by atoms with Crippen LogP contribution in [0.3, 0.4) is 0 Å². The molecule has 1 fully saturated rings. The molecule has 0 saturated carbocycles. The van der Waals surface area contributed by atoms with E-state index >= 15 is 0 Å². The Morgan fingerprint density at radius 1 is 1.09 bits per heavy atom. The normalized spacial score (nSPS) is 17.0. The number of aromatic nitrogens is 2. The average Bonchev–Trinajstić information content (AvgIpc) is 3.72. The molecular weight excluding hydrogens is 564 g/mol. The predicted octanol–water partition coefficient (Wildman–Crippen LogP) is 3.77. The number of methoxy groups -OCH3 is 1. The molecular formula is C33H34N4O5S. The molecule has 4 heterocycles. The number of para-hydroxylation sites is 1. The number of allylic oxidation sites excluding steroid dienone is 1. The fourth-order valence-corrected chi connectivity index (χ4v) is 6.87. The maximum absolute atomic E-state index is 14.1. The SMILES string of the molecule is COc1ccc([C@@H]2C(C(=O)OC(C)C)=C(C)N=c3s/c(=C/c4cn(CC(=O)N5CCCC5)c5ccccc45)c(=O)n32)cc1. The number of likely N-dealkylation sites (tertiary alicyclic amines) is 1. The number of carbonyl (C=O) groups is 2. The molecule has 1 amide bonds. The molecule has 9 nitrogen and oxygen atoms in total. The average molecular weight is 599 g/mol. The van der Waals surface area contributed by atoms with E-state index in [-0.39, 0.29) is 24.1 Å². The lowest BCUT2D eigenvalue weighted by molar-refractivity contribution is -0.143. The van der Waals surface area contributed by atoms with Gasteiger partial charge in [-0.15, -0.1) is 0 Å². The summed E-state index contributed by atoms with van der Waals surface area (Å²) in [6.07, 6.45) is 5.55. The van der Waals surface area contributed by atoms with Crippen LogP contribution in [-0.4, -0.2) is 52.2 Å². The Bertz CT molecular complexity index is 1920. The van der Waals surface area contributed by atoms with Crippen LogP contribution >= 0.6 is 11.3 Å². The molecule has 2 aromatic carbocycles. The number of hydrogen-bond acceptors (Lipinski definition) is 7. The van der Waals surface area contributed by atoms with Crippen LogP contribution in [-0.2, 0) is 20.9 Å². The van der Waals surface area contributed by atoms with Crippen LogP contribution in [0.4, 0.5) is 0 Å². The van der Waals surface area contributed by atoms with E-state index in [0.29, 0.717) is 26.4 Å². The Balaban J connectivity index is 1.47. The van der Waals surface area contributed by atoms with E-state index in [2.05, 4.69) is 0 Å². The molecule has 0 N–H and O–H groups in total. The van der Waals surface area contributed by atoms with Crippen LogP contribution in [0.15, 0.2) is 75.8 Å². The Labute approximate surface area is 253 Å². The van der Waals surface area contributed by atoms with Crippen LogP contribution in [0.1, 0.15) is 50.8 Å². The minimum Gasteiger partial charge on any atom is -0.497 e. The molecule has 222 valence electrons. The quantitative estimate of drug-likeness (QED) is 0.302. The van der Waals surface area contributed by atoms with Crippen LogP contribution in [0.2, 0.25) is 0 Å². The number of thiazole rings is 1. The number of carbonyl (C=O) groups excluding carboxylic acids is 2. The number of nitrogens with zero attached hydrogens (tertiary/aromatic N) is 4. The van der Waals surface area contributed by atoms with Crippen molar-refractivity contribution >= 4 is 40.2 Å². The van der Waals surface area contributed by atoms with Gasteiger partial charge < -0.3 is 18.9 Å². The van der Waals surface area contributed by atoms with Gasteiger partial charge in [-0.2, -0.15) is 0 Å². The fourth-order valence-electron chi connectivity index (χ4n) is 5.84. The summed E-state index contributed by atoms with van der Waals surface area (Å²) >= 11 is 1.28. The first kappa shape index (κ1) is 28.7. The summed E-state index contributed by atoms with van der Waals surface area (Å²) in [7, 11) is 1.59. The molecule has 1 saturated heterocycles. The second kappa shape index (κ2) is 11.7. The van der Waals surface area contributed by atoms with Gasteiger partial charge in [0.15, 0.2) is 4.80 Å². The van der Waals surface area contributed by atoms with Gasteiger partial charge in [0.25, 0.3) is 5.56 Å². The molecule has 0 radical (unpaired) electrons. The van der Waals surface area contributed by atoms with E-state index in [9.17, 15) is 14.4 Å². The maximum atomic E-state index is 14.1. The number of amides is 1. The van der Waals surface area contributed by atoms with Crippen molar-refractivity contribution < 1.29 is 19.1 Å². The monoisotopic (exact) mass is 598 g/mol. The summed E-state index contributed by atoms with van der Waals surface area (Å²) in [5.41, 5.74) is 3.10. The van der Waals surface area contributed by atoms with Gasteiger partial charge in [0, 0.05) is 35.8 Å². The summed E-state index contributed by atoms with van der Waals surface area (Å²) in [4.78, 5) is 47.6. The van der Waals surface area contributed by atoms with E-state index in [4.69, 9.17) is 14.5 Å². The lowest BCUT2D eigenvalue weighted by Crippen LogP contribution is -2.40. The van der Waals surface area contributed by atoms with Gasteiger partial charge in [-0.1, -0.05) is 41.7 Å². The number of fused-ring (bicyclic) bond motifs is 2. The van der Waals surface area contributed by atoms with Crippen LogP contribution in [0.5, 0.6) is 5.75 Å². The van der Waals surface area contributed by atoms with Gasteiger partial charge in [0.2, 0.25) is 5.91 Å². The van der Waals surface area contributed by atoms with Crippen molar-refractivity contribution in [3.63, 3.8) is 0 Å². The minimum absolute atomic E-state index is 0.0972. The maximum Gasteiger partial charge on any atom is 0.338 e. The molecule has 0 unspecified atom stereocenters. The van der Waals surface area contributed by atoms with Crippen molar-refractivity contribution in [2.24, 2.45) is 4.99 Å². The van der Waals surface area contributed by atoms with Gasteiger partial charge >= 0.3 is 5.97 Å². The third-order valence-corrected chi connectivity index (χ3v) is 8.87. The molecule has 2 aromatic heterocycles. The molecule has 0 bridgehead atoms. The fraction of sp³-hybridized carbons (Fsp3) is 0.333. The third kappa shape index (κ3) is 5.43. The summed E-state index contributed by atoms with van der Waals surface area (Å²) in [5.74, 6) is 0.264. The second-order valence-electron chi connectivity index (χ2n) is 11.1. The molecule has 0 aliphatic carbocycles. The lowest BCUT2D eigenvalue weighted by atomic mass is 9.96. The van der Waals surface area contributed by atoms with Gasteiger partial charge in [0.1, 0.15) is 12.3 Å². The Hall–Kier alpha value is -4.44. The van der Waals surface area contributed by atoms with Crippen LogP contribution < -0.4 is 19.6 Å². The number of ether oxygens (including phenoxy) is 2. The first-order valence-electron chi connectivity index (χ1n) is 14.5. The third-order valence-electron chi connectivity index (χ3n) is 7.89. The molecule has 10 heteroatoms. The van der Waals surface area contributed by atoms with E-state index in [1.807, 2.05) is 70.3 Å². The van der Waals surface area contributed by atoms with Gasteiger partial charge in [-0.25, -0.2) is 9.79 Å². The van der Waals surface area contributed by atoms with Crippen LogP contribution in [0, 0.1) is 0 Å². The summed E-state index contributed by atoms with van der Waals surface area (Å²) in [5, 5.41) is 0.951. The van der Waals surface area contributed by atoms with Crippen molar-refractivity contribution in [3.8, 4) is 5.75 Å². The lowest BCUT2D eigenvalue weighted by Gasteiger charge is -2.25. The molecule has 1 atom stereocenters. The first-order valence-corrected chi connectivity index (χ1v) is 15.3. The minimum atomic E-state index is -0.713. The van der Waals surface area contributed by atoms with Gasteiger partial charge in [-0.05, 0) is 63.5 Å². The highest BCUT2D eigenvalue weighted by Gasteiger charge is 2.34. The zero-order chi connectivity index (χ0) is 30.2. The van der Waals surface area contributed by atoms with E-state index in [1.165, 1.54) is 11.3 Å². The molecule has 6 rings (SSSR count). The van der Waals surface area contributed by atoms with Crippen molar-refractivity contribution in [3.05, 3.63) is 96.8 Å². The smallest absolute Gasteiger partial charge is 0.338 e. The summed E-state index contributed by atoms with van der Waals surface area (Å²) < 4.78 is 15.0. The van der Waals surface area contributed by atoms with Gasteiger partial charge in [0.05, 0.1) is 35.1 Å². The largest absolute Gasteiger partial charge is 0.497 e. The van der Waals surface area contributed by atoms with Crippen molar-refractivity contribution in [2.45, 2.75) is 52.3 Å². The molecule has 2 aliphatic rings. The van der Waals surface area contributed by atoms with Crippen molar-refractivity contribution in [1.29, 1.82) is 0 Å². The number of esters is 1. The van der Waals surface area contributed by atoms with Crippen LogP contribution in [0.25, 0.3) is 17.0 Å². The first-order chi connectivity index (χ1) is 20.7. The number of hydrogen-bond donors (Lipinski definition) is 0. The predicted molar refractivity (Wildman–Crippen MR) is 166 cm³/mol. The van der Waals surface area contributed by atoms with Crippen molar-refractivity contribution in [2.75, 3.05) is 20.2 Å². The van der Waals surface area contributed by atoms with Crippen molar-refractivity contribution in [1.82, 2.24) is 14.0 Å². The Morgan fingerprint density at radius 2 is 1.81 bits per heavy atom. The number of rotatable bonds is 7. The second-order valence-corrected chi connectivity index (χ2v) is 12.1. The highest BCUT2D eigenvalue weighted by molar-refractivity contribution is 7.07. The highest BCUT2D eigenvalue weighted by atomic mass is 32.1. The summed E-state index contributed by atoms with van der Waals surface area (Å²) in [6.45, 7) is 7.20. The van der Waals surface area contributed by atoms with E-state index < -0.39 is 12.0 Å². The Morgan fingerprint density at radius 3 is 2.51 bits per heavy atom. The van der Waals surface area contributed by atoms with E-state index in [1.54, 1.807) is 32.4 Å².